The Kier molecular flexibility index (Phi) is 6.79. The van der Waals surface area contributed by atoms with Crippen molar-refractivity contribution in [2.24, 2.45) is 22.7 Å². The molecule has 0 N–H and O–H groups in total. The van der Waals surface area contributed by atoms with Crippen molar-refractivity contribution in [3.8, 4) is 11.6 Å². The van der Waals surface area contributed by atoms with Gasteiger partial charge in [0.2, 0.25) is 5.88 Å². The van der Waals surface area contributed by atoms with Crippen LogP contribution in [-0.2, 0) is 0 Å². The number of hydrogen-bond acceptors (Lipinski definition) is 5. The normalized spacial score (nSPS) is 22.5. The molecular weight excluding hydrogens is 388 g/mol. The lowest BCUT2D eigenvalue weighted by Crippen LogP contribution is -2.37. The first-order valence-electron chi connectivity index (χ1n) is 11.2. The minimum Gasteiger partial charge on any atom is -0.478 e. The van der Waals surface area contributed by atoms with Crippen LogP contribution in [0.25, 0.3) is 5.69 Å². The van der Waals surface area contributed by atoms with Crippen LogP contribution in [0.15, 0.2) is 60.1 Å². The van der Waals surface area contributed by atoms with Crippen LogP contribution in [0.3, 0.4) is 0 Å². The van der Waals surface area contributed by atoms with Crippen LogP contribution in [0, 0.1) is 17.8 Å². The van der Waals surface area contributed by atoms with Crippen molar-refractivity contribution >= 4 is 5.84 Å². The molecule has 2 fully saturated rings. The van der Waals surface area contributed by atoms with Crippen LogP contribution in [0.5, 0.6) is 5.88 Å². The lowest BCUT2D eigenvalue weighted by molar-refractivity contribution is 0.229. The molecule has 1 aliphatic heterocycles. The zero-order valence-corrected chi connectivity index (χ0v) is 18.5. The number of nitrogens with zero attached hydrogens (tertiary/aromatic N) is 6. The van der Waals surface area contributed by atoms with Gasteiger partial charge in [0.05, 0.1) is 30.9 Å². The summed E-state index contributed by atoms with van der Waals surface area (Å²) in [6, 6.07) is 3.84. The van der Waals surface area contributed by atoms with E-state index in [1.807, 2.05) is 31.3 Å². The van der Waals surface area contributed by atoms with Crippen molar-refractivity contribution in [1.29, 1.82) is 0 Å². The number of likely N-dealkylation sites (tertiary alicyclic amines) is 1. The molecule has 1 saturated carbocycles. The van der Waals surface area contributed by atoms with Crippen molar-refractivity contribution in [3.63, 3.8) is 0 Å². The number of ether oxygens (including phenoxy) is 1. The number of amidine groups is 1. The second kappa shape index (κ2) is 9.90. The number of rotatable bonds is 8. The Bertz CT molecular complexity index is 910. The van der Waals surface area contributed by atoms with E-state index in [0.29, 0.717) is 5.88 Å². The van der Waals surface area contributed by atoms with Crippen molar-refractivity contribution in [1.82, 2.24) is 24.9 Å². The van der Waals surface area contributed by atoms with Crippen molar-refractivity contribution < 1.29 is 4.74 Å². The molecule has 0 amide bonds. The van der Waals surface area contributed by atoms with Gasteiger partial charge in [-0.05, 0) is 68.9 Å². The summed E-state index contributed by atoms with van der Waals surface area (Å²) in [6.07, 6.45) is 13.9. The van der Waals surface area contributed by atoms with E-state index < -0.39 is 0 Å². The van der Waals surface area contributed by atoms with Crippen LogP contribution in [0.1, 0.15) is 39.5 Å². The maximum atomic E-state index is 5.88. The molecule has 0 bridgehead atoms. The molecule has 4 rings (SSSR count). The van der Waals surface area contributed by atoms with Gasteiger partial charge in [-0.2, -0.15) is 0 Å². The number of aliphatic imine (C=N–C) groups is 1. The second-order valence-electron chi connectivity index (χ2n) is 8.58. The molecule has 2 aromatic rings. The molecule has 3 heterocycles. The molecule has 2 aromatic heterocycles. The van der Waals surface area contributed by atoms with Gasteiger partial charge in [-0.25, -0.2) is 14.7 Å². The number of piperidine rings is 1. The molecule has 7 nitrogen and oxygen atoms in total. The Balaban J connectivity index is 1.16. The highest BCUT2D eigenvalue weighted by Crippen LogP contribution is 2.49. The summed E-state index contributed by atoms with van der Waals surface area (Å²) in [5.74, 6) is 4.31. The predicted octanol–water partition coefficient (Wildman–Crippen LogP) is 4.29. The Morgan fingerprint density at radius 2 is 2.13 bits per heavy atom. The first-order valence-corrected chi connectivity index (χ1v) is 11.2. The molecule has 0 radical (unpaired) electrons. The number of aromatic nitrogens is 4. The highest BCUT2D eigenvalue weighted by Gasteiger charge is 2.43. The minimum atomic E-state index is 0.671. The minimum absolute atomic E-state index is 0.671. The van der Waals surface area contributed by atoms with Gasteiger partial charge in [-0.15, -0.1) is 5.10 Å². The fourth-order valence-electron chi connectivity index (χ4n) is 4.42. The van der Waals surface area contributed by atoms with Crippen LogP contribution in [0.4, 0.5) is 0 Å². The molecule has 2 atom stereocenters. The SMILES string of the molecule is C=C/C(C)=C\N=C(C)N1CCC(C2C[C@H]2CCOc2ccc(-n3ccnn3)cn2)CC1. The van der Waals surface area contributed by atoms with Crippen LogP contribution >= 0.6 is 0 Å². The third-order valence-electron chi connectivity index (χ3n) is 6.50. The standard InChI is InChI=1S/C24H32N6O/c1-4-18(2)16-25-19(3)29-11-7-20(8-12-29)23-15-21(23)9-14-31-24-6-5-22(17-26-24)30-13-10-27-28-30/h4-6,10,13,16-17,20-21,23H,1,7-9,11-12,14-15H2,2-3H3/b18-16-,25-19?/t21-,23?/m1/s1. The van der Waals surface area contributed by atoms with Crippen molar-refractivity contribution in [3.05, 3.63) is 55.2 Å². The van der Waals surface area contributed by atoms with E-state index in [1.54, 1.807) is 23.3 Å². The maximum absolute atomic E-state index is 5.88. The monoisotopic (exact) mass is 420 g/mol. The topological polar surface area (TPSA) is 68.4 Å². The number of hydrogen-bond donors (Lipinski definition) is 0. The summed E-state index contributed by atoms with van der Waals surface area (Å²) in [7, 11) is 0. The smallest absolute Gasteiger partial charge is 0.213 e. The Morgan fingerprint density at radius 1 is 1.29 bits per heavy atom. The zero-order valence-electron chi connectivity index (χ0n) is 18.5. The highest BCUT2D eigenvalue weighted by molar-refractivity contribution is 5.80. The van der Waals surface area contributed by atoms with Gasteiger partial charge in [0.15, 0.2) is 0 Å². The molecule has 1 saturated heterocycles. The lowest BCUT2D eigenvalue weighted by Gasteiger charge is -2.33. The van der Waals surface area contributed by atoms with E-state index in [-0.39, 0.29) is 0 Å². The molecule has 1 unspecified atom stereocenters. The van der Waals surface area contributed by atoms with E-state index in [1.165, 1.54) is 19.3 Å². The fourth-order valence-corrected chi connectivity index (χ4v) is 4.42. The average Bonchev–Trinajstić information content (AvgIpc) is 3.36. The predicted molar refractivity (Wildman–Crippen MR) is 122 cm³/mol. The lowest BCUT2D eigenvalue weighted by atomic mass is 9.90. The summed E-state index contributed by atoms with van der Waals surface area (Å²) in [5, 5.41) is 7.78. The first kappa shape index (κ1) is 21.3. The summed E-state index contributed by atoms with van der Waals surface area (Å²) in [6.45, 7) is 10.9. The third kappa shape index (κ3) is 5.60. The van der Waals surface area contributed by atoms with E-state index in [0.717, 1.165) is 61.0 Å². The van der Waals surface area contributed by atoms with E-state index in [4.69, 9.17) is 4.74 Å². The van der Waals surface area contributed by atoms with E-state index in [9.17, 15) is 0 Å². The molecule has 7 heteroatoms. The summed E-state index contributed by atoms with van der Waals surface area (Å²) in [4.78, 5) is 11.4. The van der Waals surface area contributed by atoms with Crippen molar-refractivity contribution in [2.75, 3.05) is 19.7 Å². The third-order valence-corrected chi connectivity index (χ3v) is 6.50. The molecule has 0 spiro atoms. The quantitative estimate of drug-likeness (QED) is 0.362. The molecule has 164 valence electrons. The Labute approximate surface area is 184 Å². The van der Waals surface area contributed by atoms with Gasteiger partial charge in [0.1, 0.15) is 5.84 Å². The largest absolute Gasteiger partial charge is 0.478 e. The molecule has 0 aromatic carbocycles. The van der Waals surface area contributed by atoms with Crippen LogP contribution in [-0.4, -0.2) is 50.4 Å². The number of allylic oxidation sites excluding steroid dienone is 2. The summed E-state index contributed by atoms with van der Waals surface area (Å²) < 4.78 is 7.56. The number of pyridine rings is 1. The van der Waals surface area contributed by atoms with Crippen LogP contribution < -0.4 is 4.74 Å². The van der Waals surface area contributed by atoms with E-state index >= 15 is 0 Å². The van der Waals surface area contributed by atoms with Gasteiger partial charge in [-0.1, -0.05) is 17.9 Å². The van der Waals surface area contributed by atoms with Crippen molar-refractivity contribution in [2.45, 2.75) is 39.5 Å². The summed E-state index contributed by atoms with van der Waals surface area (Å²) in [5.41, 5.74) is 1.98. The van der Waals surface area contributed by atoms with Crippen LogP contribution in [0.2, 0.25) is 0 Å². The fraction of sp³-hybridized carbons (Fsp3) is 0.500. The van der Waals surface area contributed by atoms with Gasteiger partial charge >= 0.3 is 0 Å². The molecule has 31 heavy (non-hydrogen) atoms. The van der Waals surface area contributed by atoms with Gasteiger partial charge in [0.25, 0.3) is 0 Å². The molecule has 2 aliphatic rings. The van der Waals surface area contributed by atoms with Gasteiger partial charge in [-0.3, -0.25) is 0 Å². The maximum Gasteiger partial charge on any atom is 0.213 e. The first-order chi connectivity index (χ1) is 15.1. The van der Waals surface area contributed by atoms with Gasteiger partial charge < -0.3 is 9.64 Å². The summed E-state index contributed by atoms with van der Waals surface area (Å²) >= 11 is 0. The average molecular weight is 421 g/mol. The Hall–Kier alpha value is -2.96. The molecular formula is C24H32N6O. The Morgan fingerprint density at radius 3 is 2.81 bits per heavy atom. The zero-order chi connectivity index (χ0) is 21.6. The van der Waals surface area contributed by atoms with E-state index in [2.05, 4.69) is 38.7 Å². The second-order valence-corrected chi connectivity index (χ2v) is 8.58. The van der Waals surface area contributed by atoms with Gasteiger partial charge in [0, 0.05) is 25.4 Å². The highest BCUT2D eigenvalue weighted by atomic mass is 16.5. The molecule has 1 aliphatic carbocycles.